The maximum atomic E-state index is 12.6. The predicted molar refractivity (Wildman–Crippen MR) is 74.1 cm³/mol. The lowest BCUT2D eigenvalue weighted by atomic mass is 10.3. The van der Waals surface area contributed by atoms with E-state index in [1.807, 2.05) is 30.3 Å². The second-order valence-electron chi connectivity index (χ2n) is 3.81. The number of hydrogen-bond acceptors (Lipinski definition) is 4. The first kappa shape index (κ1) is 14.0. The van der Waals surface area contributed by atoms with E-state index in [1.54, 1.807) is 24.7 Å². The van der Waals surface area contributed by atoms with Crippen molar-refractivity contribution in [1.82, 2.24) is 9.78 Å². The molecule has 102 valence electrons. The molecular weight excluding hydrogens is 263 g/mol. The van der Waals surface area contributed by atoms with Crippen molar-refractivity contribution >= 4 is 12.9 Å². The molecule has 0 aliphatic carbocycles. The Morgan fingerprint density at radius 2 is 1.79 bits per heavy atom. The van der Waals surface area contributed by atoms with Crippen LogP contribution in [0.3, 0.4) is 0 Å². The highest BCUT2D eigenvalue weighted by Crippen LogP contribution is 2.46. The van der Waals surface area contributed by atoms with Gasteiger partial charge in [0.2, 0.25) is 0 Å². The second-order valence-corrected chi connectivity index (χ2v) is 5.84. The summed E-state index contributed by atoms with van der Waals surface area (Å²) in [5.41, 5.74) is 0.897. The monoisotopic (exact) mass is 280 g/mol. The number of nitrogens with zero attached hydrogens (tertiary/aromatic N) is 2. The zero-order chi connectivity index (χ0) is 13.7. The van der Waals surface area contributed by atoms with Gasteiger partial charge in [0.05, 0.1) is 25.1 Å². The Bertz CT molecular complexity index is 558. The average molecular weight is 280 g/mol. The van der Waals surface area contributed by atoms with Crippen LogP contribution in [0.2, 0.25) is 0 Å². The van der Waals surface area contributed by atoms with Crippen LogP contribution in [0.4, 0.5) is 0 Å². The van der Waals surface area contributed by atoms with Crippen LogP contribution in [0.1, 0.15) is 13.8 Å². The summed E-state index contributed by atoms with van der Waals surface area (Å²) in [5.74, 6) is 0. The molecule has 1 heterocycles. The van der Waals surface area contributed by atoms with E-state index in [0.717, 1.165) is 5.69 Å². The molecular formula is C13H17N2O3P. The van der Waals surface area contributed by atoms with Crippen molar-refractivity contribution in [3.8, 4) is 5.69 Å². The summed E-state index contributed by atoms with van der Waals surface area (Å²) in [7, 11) is -3.25. The quantitative estimate of drug-likeness (QED) is 0.763. The molecule has 0 saturated heterocycles. The van der Waals surface area contributed by atoms with Crippen LogP contribution in [0.25, 0.3) is 5.69 Å². The van der Waals surface area contributed by atoms with Gasteiger partial charge in [0.1, 0.15) is 5.30 Å². The molecule has 1 aromatic heterocycles. The minimum atomic E-state index is -3.25. The summed E-state index contributed by atoms with van der Waals surface area (Å²) in [6.07, 6.45) is 3.21. The first-order chi connectivity index (χ1) is 9.19. The van der Waals surface area contributed by atoms with Gasteiger partial charge in [0.25, 0.3) is 0 Å². The second kappa shape index (κ2) is 6.15. The Hall–Kier alpha value is -1.42. The SMILES string of the molecule is CCOP(=O)(OCC)c1cnn(-c2ccccc2)c1. The maximum Gasteiger partial charge on any atom is 0.364 e. The van der Waals surface area contributed by atoms with Gasteiger partial charge < -0.3 is 9.05 Å². The molecule has 0 amide bonds. The van der Waals surface area contributed by atoms with Gasteiger partial charge in [-0.1, -0.05) is 18.2 Å². The Kier molecular flexibility index (Phi) is 4.53. The Labute approximate surface area is 112 Å². The third-order valence-electron chi connectivity index (χ3n) is 2.50. The molecule has 0 saturated carbocycles. The molecule has 0 N–H and O–H groups in total. The van der Waals surface area contributed by atoms with Crippen molar-refractivity contribution in [2.24, 2.45) is 0 Å². The molecule has 0 fully saturated rings. The first-order valence-electron chi connectivity index (χ1n) is 6.19. The molecule has 1 aromatic carbocycles. The molecule has 0 atom stereocenters. The smallest absolute Gasteiger partial charge is 0.305 e. The minimum Gasteiger partial charge on any atom is -0.305 e. The molecule has 0 aliphatic heterocycles. The van der Waals surface area contributed by atoms with Crippen LogP contribution in [0.15, 0.2) is 42.7 Å². The van der Waals surface area contributed by atoms with E-state index in [4.69, 9.17) is 9.05 Å². The van der Waals surface area contributed by atoms with Gasteiger partial charge in [0.15, 0.2) is 0 Å². The highest BCUT2D eigenvalue weighted by molar-refractivity contribution is 7.62. The molecule has 0 bridgehead atoms. The zero-order valence-corrected chi connectivity index (χ0v) is 11.9. The lowest BCUT2D eigenvalue weighted by Crippen LogP contribution is -2.09. The fourth-order valence-electron chi connectivity index (χ4n) is 1.70. The lowest BCUT2D eigenvalue weighted by Gasteiger charge is -2.14. The van der Waals surface area contributed by atoms with Gasteiger partial charge in [-0.15, -0.1) is 0 Å². The van der Waals surface area contributed by atoms with E-state index < -0.39 is 7.60 Å². The Morgan fingerprint density at radius 1 is 1.16 bits per heavy atom. The summed E-state index contributed by atoms with van der Waals surface area (Å²) in [4.78, 5) is 0. The predicted octanol–water partition coefficient (Wildman–Crippen LogP) is 2.76. The van der Waals surface area contributed by atoms with Gasteiger partial charge in [-0.25, -0.2) is 4.68 Å². The summed E-state index contributed by atoms with van der Waals surface area (Å²) < 4.78 is 24.8. The van der Waals surface area contributed by atoms with E-state index in [2.05, 4.69) is 5.10 Å². The zero-order valence-electron chi connectivity index (χ0n) is 11.0. The van der Waals surface area contributed by atoms with Crippen LogP contribution < -0.4 is 5.30 Å². The summed E-state index contributed by atoms with van der Waals surface area (Å²) in [5, 5.41) is 4.67. The molecule has 0 unspecified atom stereocenters. The van der Waals surface area contributed by atoms with Gasteiger partial charge >= 0.3 is 7.60 Å². The van der Waals surface area contributed by atoms with E-state index in [-0.39, 0.29) is 0 Å². The van der Waals surface area contributed by atoms with Crippen LogP contribution >= 0.6 is 7.60 Å². The number of aromatic nitrogens is 2. The van der Waals surface area contributed by atoms with E-state index in [9.17, 15) is 4.57 Å². The third kappa shape index (κ3) is 3.13. The van der Waals surface area contributed by atoms with E-state index in [1.165, 1.54) is 6.20 Å². The summed E-state index contributed by atoms with van der Waals surface area (Å²) in [6, 6.07) is 9.61. The van der Waals surface area contributed by atoms with E-state index in [0.29, 0.717) is 18.5 Å². The number of rotatable bonds is 6. The fourth-order valence-corrected chi connectivity index (χ4v) is 3.20. The Morgan fingerprint density at radius 3 is 2.37 bits per heavy atom. The minimum absolute atomic E-state index is 0.327. The maximum absolute atomic E-state index is 12.6. The van der Waals surface area contributed by atoms with Gasteiger partial charge in [-0.05, 0) is 26.0 Å². The highest BCUT2D eigenvalue weighted by atomic mass is 31.2. The van der Waals surface area contributed by atoms with Crippen molar-refractivity contribution in [3.05, 3.63) is 42.7 Å². The standard InChI is InChI=1S/C13H17N2O3P/c1-3-17-19(16,18-4-2)13-10-14-15(11-13)12-8-6-5-7-9-12/h5-11H,3-4H2,1-2H3. The number of hydrogen-bond donors (Lipinski definition) is 0. The molecule has 0 radical (unpaired) electrons. The highest BCUT2D eigenvalue weighted by Gasteiger charge is 2.28. The normalized spacial score (nSPS) is 11.7. The summed E-state index contributed by atoms with van der Waals surface area (Å²) in [6.45, 7) is 4.22. The van der Waals surface area contributed by atoms with Crippen LogP contribution in [-0.2, 0) is 13.6 Å². The molecule has 0 spiro atoms. The third-order valence-corrected chi connectivity index (χ3v) is 4.56. The van der Waals surface area contributed by atoms with Gasteiger partial charge in [-0.2, -0.15) is 5.10 Å². The van der Waals surface area contributed by atoms with Crippen LogP contribution in [0.5, 0.6) is 0 Å². The molecule has 19 heavy (non-hydrogen) atoms. The van der Waals surface area contributed by atoms with E-state index >= 15 is 0 Å². The Balaban J connectivity index is 2.32. The van der Waals surface area contributed by atoms with Crippen molar-refractivity contribution in [2.45, 2.75) is 13.8 Å². The lowest BCUT2D eigenvalue weighted by molar-refractivity contribution is 0.230. The molecule has 5 nitrogen and oxygen atoms in total. The van der Waals surface area contributed by atoms with Crippen molar-refractivity contribution in [2.75, 3.05) is 13.2 Å². The summed E-state index contributed by atoms with van der Waals surface area (Å²) >= 11 is 0. The topological polar surface area (TPSA) is 53.4 Å². The van der Waals surface area contributed by atoms with Crippen molar-refractivity contribution < 1.29 is 13.6 Å². The number of benzene rings is 1. The van der Waals surface area contributed by atoms with Gasteiger partial charge in [-0.3, -0.25) is 4.57 Å². The first-order valence-corrected chi connectivity index (χ1v) is 7.73. The molecule has 0 aliphatic rings. The van der Waals surface area contributed by atoms with Crippen molar-refractivity contribution in [3.63, 3.8) is 0 Å². The van der Waals surface area contributed by atoms with Crippen LogP contribution in [0, 0.1) is 0 Å². The largest absolute Gasteiger partial charge is 0.364 e. The molecule has 2 aromatic rings. The van der Waals surface area contributed by atoms with Gasteiger partial charge in [0, 0.05) is 6.20 Å². The van der Waals surface area contributed by atoms with Crippen LogP contribution in [-0.4, -0.2) is 23.0 Å². The fraction of sp³-hybridized carbons (Fsp3) is 0.308. The molecule has 6 heteroatoms. The molecule has 2 rings (SSSR count). The number of para-hydroxylation sites is 1. The average Bonchev–Trinajstić information content (AvgIpc) is 2.90. The van der Waals surface area contributed by atoms with Crippen molar-refractivity contribution in [1.29, 1.82) is 0 Å².